The number of carbonyl (C=O) groups excluding carboxylic acids is 1. The van der Waals surface area contributed by atoms with Crippen LogP contribution in [0.15, 0.2) is 11.6 Å². The zero-order chi connectivity index (χ0) is 12.7. The molecule has 0 radical (unpaired) electrons. The molecule has 0 bridgehead atoms. The molecule has 1 amide bonds. The zero-order valence-corrected chi connectivity index (χ0v) is 9.19. The molecular weight excluding hydrogens is 214 g/mol. The second kappa shape index (κ2) is 6.60. The molecule has 0 saturated carbocycles. The summed E-state index contributed by atoms with van der Waals surface area (Å²) in [4.78, 5) is 32.2. The monoisotopic (exact) mass is 229 g/mol. The Morgan fingerprint density at radius 2 is 1.81 bits per heavy atom. The predicted octanol–water partition coefficient (Wildman–Crippen LogP) is 0.387. The van der Waals surface area contributed by atoms with Crippen molar-refractivity contribution in [3.8, 4) is 0 Å². The van der Waals surface area contributed by atoms with Crippen molar-refractivity contribution in [2.75, 3.05) is 0 Å². The first-order valence-corrected chi connectivity index (χ1v) is 4.73. The highest BCUT2D eigenvalue weighted by molar-refractivity contribution is 5.91. The van der Waals surface area contributed by atoms with Crippen molar-refractivity contribution in [3.05, 3.63) is 11.6 Å². The SMILES string of the molecule is CC(C)=CC(=O)NC(CCC(=O)O)C(=O)O. The van der Waals surface area contributed by atoms with E-state index in [9.17, 15) is 14.4 Å². The van der Waals surface area contributed by atoms with Gasteiger partial charge in [0.25, 0.3) is 0 Å². The summed E-state index contributed by atoms with van der Waals surface area (Å²) in [6.45, 7) is 3.40. The fourth-order valence-corrected chi connectivity index (χ4v) is 1.00. The molecule has 0 saturated heterocycles. The Bertz CT molecular complexity index is 317. The van der Waals surface area contributed by atoms with Crippen LogP contribution in [-0.4, -0.2) is 34.1 Å². The molecule has 0 fully saturated rings. The van der Waals surface area contributed by atoms with E-state index < -0.39 is 23.9 Å². The molecule has 3 N–H and O–H groups in total. The molecule has 0 heterocycles. The van der Waals surface area contributed by atoms with E-state index >= 15 is 0 Å². The van der Waals surface area contributed by atoms with Gasteiger partial charge in [-0.15, -0.1) is 0 Å². The zero-order valence-electron chi connectivity index (χ0n) is 9.19. The average Bonchev–Trinajstić information content (AvgIpc) is 2.09. The van der Waals surface area contributed by atoms with Crippen LogP contribution in [-0.2, 0) is 14.4 Å². The standard InChI is InChI=1S/C10H15NO5/c1-6(2)5-8(12)11-7(10(15)16)3-4-9(13)14/h5,7H,3-4H2,1-2H3,(H,11,12)(H,13,14)(H,15,16). The first-order valence-electron chi connectivity index (χ1n) is 4.73. The molecule has 0 aromatic rings. The van der Waals surface area contributed by atoms with E-state index in [0.29, 0.717) is 0 Å². The van der Waals surface area contributed by atoms with Crippen molar-refractivity contribution < 1.29 is 24.6 Å². The molecule has 0 aliphatic rings. The Labute approximate surface area is 93.0 Å². The Hall–Kier alpha value is -1.85. The minimum absolute atomic E-state index is 0.132. The van der Waals surface area contributed by atoms with E-state index in [1.807, 2.05) is 0 Å². The fourth-order valence-electron chi connectivity index (χ4n) is 1.00. The number of aliphatic carboxylic acids is 2. The fraction of sp³-hybridized carbons (Fsp3) is 0.500. The molecule has 0 rings (SSSR count). The number of amides is 1. The van der Waals surface area contributed by atoms with Crippen LogP contribution in [0.25, 0.3) is 0 Å². The number of rotatable bonds is 6. The molecule has 6 nitrogen and oxygen atoms in total. The highest BCUT2D eigenvalue weighted by Crippen LogP contribution is 1.99. The van der Waals surface area contributed by atoms with Crippen molar-refractivity contribution in [2.45, 2.75) is 32.7 Å². The second-order valence-corrected chi connectivity index (χ2v) is 3.55. The maximum Gasteiger partial charge on any atom is 0.326 e. The van der Waals surface area contributed by atoms with Gasteiger partial charge in [0, 0.05) is 12.5 Å². The maximum atomic E-state index is 11.2. The lowest BCUT2D eigenvalue weighted by Gasteiger charge is -2.11. The first kappa shape index (κ1) is 14.2. The summed E-state index contributed by atoms with van der Waals surface area (Å²) in [6, 6.07) is -1.17. The van der Waals surface area contributed by atoms with E-state index in [-0.39, 0.29) is 12.8 Å². The summed E-state index contributed by atoms with van der Waals surface area (Å²) in [7, 11) is 0. The lowest BCUT2D eigenvalue weighted by molar-refractivity contribution is -0.142. The summed E-state index contributed by atoms with van der Waals surface area (Å²) < 4.78 is 0. The summed E-state index contributed by atoms with van der Waals surface area (Å²) in [5.74, 6) is -2.86. The van der Waals surface area contributed by atoms with E-state index in [0.717, 1.165) is 5.57 Å². The Kier molecular flexibility index (Phi) is 5.84. The molecule has 0 aromatic heterocycles. The van der Waals surface area contributed by atoms with Gasteiger partial charge in [0.15, 0.2) is 0 Å². The Morgan fingerprint density at radius 1 is 1.25 bits per heavy atom. The summed E-state index contributed by atoms with van der Waals surface area (Å²) in [6.07, 6.45) is 0.829. The molecule has 90 valence electrons. The minimum Gasteiger partial charge on any atom is -0.481 e. The van der Waals surface area contributed by atoms with Crippen LogP contribution in [0.1, 0.15) is 26.7 Å². The number of carboxylic acid groups (broad SMARTS) is 2. The van der Waals surface area contributed by atoms with Crippen LogP contribution in [0, 0.1) is 0 Å². The van der Waals surface area contributed by atoms with Gasteiger partial charge in [-0.3, -0.25) is 9.59 Å². The van der Waals surface area contributed by atoms with Crippen LogP contribution < -0.4 is 5.32 Å². The number of carbonyl (C=O) groups is 3. The molecule has 16 heavy (non-hydrogen) atoms. The van der Waals surface area contributed by atoms with Gasteiger partial charge >= 0.3 is 11.9 Å². The van der Waals surface area contributed by atoms with Gasteiger partial charge in [0.2, 0.25) is 5.91 Å². The van der Waals surface area contributed by atoms with Crippen LogP contribution >= 0.6 is 0 Å². The molecule has 0 aromatic carbocycles. The highest BCUT2D eigenvalue weighted by atomic mass is 16.4. The van der Waals surface area contributed by atoms with Crippen molar-refractivity contribution in [2.24, 2.45) is 0 Å². The van der Waals surface area contributed by atoms with Crippen LogP contribution in [0.3, 0.4) is 0 Å². The van der Waals surface area contributed by atoms with Gasteiger partial charge in [0.05, 0.1) is 0 Å². The van der Waals surface area contributed by atoms with Gasteiger partial charge < -0.3 is 15.5 Å². The molecule has 0 aliphatic heterocycles. The highest BCUT2D eigenvalue weighted by Gasteiger charge is 2.19. The molecule has 1 unspecified atom stereocenters. The Morgan fingerprint density at radius 3 is 2.19 bits per heavy atom. The van der Waals surface area contributed by atoms with Crippen molar-refractivity contribution in [1.29, 1.82) is 0 Å². The van der Waals surface area contributed by atoms with E-state index in [1.165, 1.54) is 6.08 Å². The van der Waals surface area contributed by atoms with Gasteiger partial charge in [0.1, 0.15) is 6.04 Å². The summed E-state index contributed by atoms with van der Waals surface area (Å²) in [5, 5.41) is 19.4. The average molecular weight is 229 g/mol. The van der Waals surface area contributed by atoms with Gasteiger partial charge in [-0.25, -0.2) is 4.79 Å². The van der Waals surface area contributed by atoms with Gasteiger partial charge in [-0.05, 0) is 20.3 Å². The summed E-state index contributed by atoms with van der Waals surface area (Å²) in [5.41, 5.74) is 0.736. The lowest BCUT2D eigenvalue weighted by Crippen LogP contribution is -2.40. The largest absolute Gasteiger partial charge is 0.481 e. The van der Waals surface area contributed by atoms with Gasteiger partial charge in [-0.1, -0.05) is 5.57 Å². The van der Waals surface area contributed by atoms with Crippen molar-refractivity contribution in [3.63, 3.8) is 0 Å². The first-order chi connectivity index (χ1) is 7.32. The van der Waals surface area contributed by atoms with E-state index in [4.69, 9.17) is 10.2 Å². The molecule has 0 spiro atoms. The minimum atomic E-state index is -1.24. The predicted molar refractivity (Wildman–Crippen MR) is 55.9 cm³/mol. The Balaban J connectivity index is 4.34. The van der Waals surface area contributed by atoms with Gasteiger partial charge in [-0.2, -0.15) is 0 Å². The normalized spacial score (nSPS) is 11.4. The molecular formula is C10H15NO5. The van der Waals surface area contributed by atoms with E-state index in [1.54, 1.807) is 13.8 Å². The van der Waals surface area contributed by atoms with Crippen LogP contribution in [0.5, 0.6) is 0 Å². The third-order valence-corrected chi connectivity index (χ3v) is 1.68. The summed E-state index contributed by atoms with van der Waals surface area (Å²) >= 11 is 0. The lowest BCUT2D eigenvalue weighted by atomic mass is 10.1. The van der Waals surface area contributed by atoms with Crippen molar-refractivity contribution in [1.82, 2.24) is 5.32 Å². The number of hydrogen-bond acceptors (Lipinski definition) is 3. The molecule has 0 aliphatic carbocycles. The third kappa shape index (κ3) is 6.58. The van der Waals surface area contributed by atoms with E-state index in [2.05, 4.69) is 5.32 Å². The smallest absolute Gasteiger partial charge is 0.326 e. The van der Waals surface area contributed by atoms with Crippen LogP contribution in [0.2, 0.25) is 0 Å². The quantitative estimate of drug-likeness (QED) is 0.571. The number of hydrogen-bond donors (Lipinski definition) is 3. The molecule has 6 heteroatoms. The number of allylic oxidation sites excluding steroid dienone is 1. The second-order valence-electron chi connectivity index (χ2n) is 3.55. The number of carboxylic acids is 2. The maximum absolute atomic E-state index is 11.2. The van der Waals surface area contributed by atoms with Crippen LogP contribution in [0.4, 0.5) is 0 Å². The molecule has 1 atom stereocenters. The third-order valence-electron chi connectivity index (χ3n) is 1.68. The number of nitrogens with one attached hydrogen (secondary N) is 1. The topological polar surface area (TPSA) is 104 Å². The van der Waals surface area contributed by atoms with Crippen molar-refractivity contribution >= 4 is 17.8 Å².